The third-order valence-corrected chi connectivity index (χ3v) is 4.10. The van der Waals surface area contributed by atoms with Crippen molar-refractivity contribution in [3.8, 4) is 11.3 Å². The Morgan fingerprint density at radius 1 is 1.09 bits per heavy atom. The molecule has 0 bridgehead atoms. The number of hydrogen-bond acceptors (Lipinski definition) is 3. The molecule has 1 aliphatic heterocycles. The van der Waals surface area contributed by atoms with Crippen molar-refractivity contribution >= 4 is 12.6 Å². The van der Waals surface area contributed by atoms with Crippen LogP contribution in [0.25, 0.3) is 11.3 Å². The lowest BCUT2D eigenvalue weighted by atomic mass is 9.80. The quantitative estimate of drug-likeness (QED) is 0.814. The van der Waals surface area contributed by atoms with Gasteiger partial charge in [-0.15, -0.1) is 0 Å². The topological polar surface area (TPSA) is 31.4 Å². The standard InChI is InChI=1S/C18H22BNO2/c1-13(2)17-18(3,4)22-19(21-17)15-10-11-16(20-12-15)14-8-6-5-7-9-14/h5-13,17H,1-4H3. The second kappa shape index (κ2) is 5.86. The smallest absolute Gasteiger partial charge is 0.401 e. The summed E-state index contributed by atoms with van der Waals surface area (Å²) in [6.07, 6.45) is 1.94. The largest absolute Gasteiger partial charge is 0.496 e. The second-order valence-corrected chi connectivity index (χ2v) is 6.70. The molecule has 1 fully saturated rings. The van der Waals surface area contributed by atoms with Crippen LogP contribution in [0.2, 0.25) is 0 Å². The summed E-state index contributed by atoms with van der Waals surface area (Å²) in [5.41, 5.74) is 2.76. The Balaban J connectivity index is 1.80. The monoisotopic (exact) mass is 295 g/mol. The minimum absolute atomic E-state index is 0.0892. The van der Waals surface area contributed by atoms with Crippen molar-refractivity contribution in [3.63, 3.8) is 0 Å². The van der Waals surface area contributed by atoms with E-state index in [4.69, 9.17) is 9.31 Å². The predicted octanol–water partition coefficient (Wildman–Crippen LogP) is 3.29. The van der Waals surface area contributed by atoms with E-state index in [-0.39, 0.29) is 18.8 Å². The Kier molecular flexibility index (Phi) is 4.07. The Labute approximate surface area is 132 Å². The highest BCUT2D eigenvalue weighted by molar-refractivity contribution is 6.61. The van der Waals surface area contributed by atoms with Crippen LogP contribution in [-0.2, 0) is 9.31 Å². The van der Waals surface area contributed by atoms with E-state index in [1.165, 1.54) is 0 Å². The molecule has 0 radical (unpaired) electrons. The van der Waals surface area contributed by atoms with E-state index in [2.05, 4.69) is 44.8 Å². The van der Waals surface area contributed by atoms with E-state index in [0.717, 1.165) is 16.7 Å². The van der Waals surface area contributed by atoms with E-state index >= 15 is 0 Å². The maximum absolute atomic E-state index is 6.11. The average Bonchev–Trinajstić information content (AvgIpc) is 2.84. The van der Waals surface area contributed by atoms with Crippen molar-refractivity contribution in [1.29, 1.82) is 0 Å². The van der Waals surface area contributed by atoms with Crippen LogP contribution in [0.3, 0.4) is 0 Å². The summed E-state index contributed by atoms with van der Waals surface area (Å²) in [6, 6.07) is 14.2. The fourth-order valence-corrected chi connectivity index (χ4v) is 3.10. The first-order valence-electron chi connectivity index (χ1n) is 7.82. The van der Waals surface area contributed by atoms with Gasteiger partial charge >= 0.3 is 7.12 Å². The number of pyridine rings is 1. The van der Waals surface area contributed by atoms with Gasteiger partial charge in [0.1, 0.15) is 0 Å². The van der Waals surface area contributed by atoms with Gasteiger partial charge in [0.25, 0.3) is 0 Å². The molecule has 0 saturated carbocycles. The van der Waals surface area contributed by atoms with Crippen LogP contribution in [0, 0.1) is 5.92 Å². The van der Waals surface area contributed by atoms with Crippen LogP contribution >= 0.6 is 0 Å². The molecule has 2 heterocycles. The van der Waals surface area contributed by atoms with Crippen LogP contribution < -0.4 is 5.46 Å². The van der Waals surface area contributed by atoms with Gasteiger partial charge in [0.05, 0.1) is 17.4 Å². The summed E-state index contributed by atoms with van der Waals surface area (Å²) in [5, 5.41) is 0. The average molecular weight is 295 g/mol. The van der Waals surface area contributed by atoms with E-state index in [1.807, 2.05) is 36.5 Å². The molecule has 4 heteroatoms. The van der Waals surface area contributed by atoms with Crippen LogP contribution in [0.1, 0.15) is 27.7 Å². The minimum atomic E-state index is -0.334. The van der Waals surface area contributed by atoms with E-state index in [9.17, 15) is 0 Å². The molecule has 1 aromatic heterocycles. The fraction of sp³-hybridized carbons (Fsp3) is 0.389. The van der Waals surface area contributed by atoms with Gasteiger partial charge in [0, 0.05) is 17.2 Å². The van der Waals surface area contributed by atoms with Gasteiger partial charge in [-0.05, 0) is 25.8 Å². The van der Waals surface area contributed by atoms with Crippen molar-refractivity contribution in [2.75, 3.05) is 0 Å². The SMILES string of the molecule is CC(C)C1OB(c2ccc(-c3ccccc3)nc2)OC1(C)C. The molecule has 1 saturated heterocycles. The van der Waals surface area contributed by atoms with E-state index in [1.54, 1.807) is 0 Å². The van der Waals surface area contributed by atoms with Gasteiger partial charge in [0.2, 0.25) is 0 Å². The van der Waals surface area contributed by atoms with Crippen LogP contribution in [0.5, 0.6) is 0 Å². The Hall–Kier alpha value is -1.65. The molecule has 22 heavy (non-hydrogen) atoms. The lowest BCUT2D eigenvalue weighted by Gasteiger charge is -2.28. The van der Waals surface area contributed by atoms with Crippen LogP contribution in [0.15, 0.2) is 48.7 Å². The van der Waals surface area contributed by atoms with Crippen molar-refractivity contribution in [2.45, 2.75) is 39.4 Å². The molecule has 3 nitrogen and oxygen atoms in total. The number of benzene rings is 1. The maximum Gasteiger partial charge on any atom is 0.496 e. The minimum Gasteiger partial charge on any atom is -0.401 e. The fourth-order valence-electron chi connectivity index (χ4n) is 3.10. The molecular formula is C18H22BNO2. The number of hydrogen-bond donors (Lipinski definition) is 0. The highest BCUT2D eigenvalue weighted by Gasteiger charge is 2.47. The van der Waals surface area contributed by atoms with Gasteiger partial charge in [-0.25, -0.2) is 0 Å². The number of nitrogens with zero attached hydrogens (tertiary/aromatic N) is 1. The van der Waals surface area contributed by atoms with Crippen LogP contribution in [-0.4, -0.2) is 23.8 Å². The summed E-state index contributed by atoms with van der Waals surface area (Å²) >= 11 is 0. The second-order valence-electron chi connectivity index (χ2n) is 6.70. The van der Waals surface area contributed by atoms with Gasteiger partial charge < -0.3 is 9.31 Å². The Morgan fingerprint density at radius 2 is 1.82 bits per heavy atom. The molecule has 0 N–H and O–H groups in total. The lowest BCUT2D eigenvalue weighted by Crippen LogP contribution is -2.37. The molecule has 0 aliphatic carbocycles. The van der Waals surface area contributed by atoms with Gasteiger partial charge in [0.15, 0.2) is 0 Å². The molecule has 1 aromatic carbocycles. The molecule has 0 spiro atoms. The van der Waals surface area contributed by atoms with Gasteiger partial charge in [-0.2, -0.15) is 0 Å². The van der Waals surface area contributed by atoms with Crippen LogP contribution in [0.4, 0.5) is 0 Å². The zero-order chi connectivity index (χ0) is 15.7. The Bertz CT molecular complexity index is 625. The Morgan fingerprint density at radius 3 is 2.36 bits per heavy atom. The third kappa shape index (κ3) is 2.94. The summed E-state index contributed by atoms with van der Waals surface area (Å²) in [5.74, 6) is 0.413. The summed E-state index contributed by atoms with van der Waals surface area (Å²) in [4.78, 5) is 4.55. The number of aromatic nitrogens is 1. The summed E-state index contributed by atoms with van der Waals surface area (Å²) in [7, 11) is -0.334. The molecule has 3 rings (SSSR count). The molecule has 1 aliphatic rings. The first kappa shape index (κ1) is 15.3. The summed E-state index contributed by atoms with van der Waals surface area (Å²) in [6.45, 7) is 8.50. The molecule has 114 valence electrons. The van der Waals surface area contributed by atoms with Crippen molar-refractivity contribution in [2.24, 2.45) is 5.92 Å². The van der Waals surface area contributed by atoms with E-state index < -0.39 is 0 Å². The first-order valence-corrected chi connectivity index (χ1v) is 7.82. The van der Waals surface area contributed by atoms with E-state index in [0.29, 0.717) is 5.92 Å². The highest BCUT2D eigenvalue weighted by atomic mass is 16.7. The normalized spacial score (nSPS) is 20.6. The van der Waals surface area contributed by atoms with Gasteiger partial charge in [-0.3, -0.25) is 4.98 Å². The molecule has 1 atom stereocenters. The molecule has 0 amide bonds. The highest BCUT2D eigenvalue weighted by Crippen LogP contribution is 2.32. The first-order chi connectivity index (χ1) is 10.5. The number of rotatable bonds is 3. The third-order valence-electron chi connectivity index (χ3n) is 4.10. The molecule has 2 aromatic rings. The zero-order valence-electron chi connectivity index (χ0n) is 13.6. The van der Waals surface area contributed by atoms with Crippen molar-refractivity contribution < 1.29 is 9.31 Å². The van der Waals surface area contributed by atoms with Gasteiger partial charge in [-0.1, -0.05) is 50.2 Å². The predicted molar refractivity (Wildman–Crippen MR) is 89.9 cm³/mol. The van der Waals surface area contributed by atoms with Crippen molar-refractivity contribution in [1.82, 2.24) is 4.98 Å². The lowest BCUT2D eigenvalue weighted by molar-refractivity contribution is 0.0438. The summed E-state index contributed by atoms with van der Waals surface area (Å²) < 4.78 is 12.2. The molecule has 1 unspecified atom stereocenters. The zero-order valence-corrected chi connectivity index (χ0v) is 13.6. The van der Waals surface area contributed by atoms with Crippen molar-refractivity contribution in [3.05, 3.63) is 48.7 Å². The maximum atomic E-state index is 6.11. The molecular weight excluding hydrogens is 273 g/mol.